The van der Waals surface area contributed by atoms with E-state index in [4.69, 9.17) is 16.3 Å². The van der Waals surface area contributed by atoms with E-state index < -0.39 is 28.9 Å². The fourth-order valence-electron chi connectivity index (χ4n) is 13.7. The highest BCUT2D eigenvalue weighted by molar-refractivity contribution is 6.30. The SMILES string of the molecule is CC(C)C1=C2[C@H]3CC[C@@H]4[C@@]5(C)CC[C@H](OC(=O)CC(C)(C)C(=O)O)C(C)(C)[C@@H]5CC[C@@]4(C)[C@]3(C)CCC2(C(O)CNCc2ccc(Cl)cc2CN(C)C)CC1=O. The molecule has 5 aliphatic rings. The molecule has 8 nitrogen and oxygen atoms in total. The average molecular weight is 796 g/mol. The Morgan fingerprint density at radius 3 is 2.30 bits per heavy atom. The van der Waals surface area contributed by atoms with E-state index >= 15 is 0 Å². The number of halogens is 1. The van der Waals surface area contributed by atoms with Crippen LogP contribution in [0.2, 0.25) is 5.02 Å². The lowest BCUT2D eigenvalue weighted by Crippen LogP contribution is -2.66. The average Bonchev–Trinajstić information content (AvgIpc) is 3.40. The predicted molar refractivity (Wildman–Crippen MR) is 222 cm³/mol. The van der Waals surface area contributed by atoms with Gasteiger partial charge in [0.1, 0.15) is 6.10 Å². The number of hydrogen-bond acceptors (Lipinski definition) is 7. The molecule has 0 amide bonds. The van der Waals surface area contributed by atoms with Gasteiger partial charge in [-0.05, 0) is 148 Å². The number of ether oxygens (including phenoxy) is 1. The molecular formula is C47H71ClN2O6. The molecular weight excluding hydrogens is 724 g/mol. The lowest BCUT2D eigenvalue weighted by atomic mass is 9.33. The number of hydrogen-bond donors (Lipinski definition) is 3. The summed E-state index contributed by atoms with van der Waals surface area (Å²) in [6.45, 7) is 21.5. The number of aliphatic hydroxyl groups excluding tert-OH is 1. The van der Waals surface area contributed by atoms with Gasteiger partial charge in [-0.25, -0.2) is 0 Å². The van der Waals surface area contributed by atoms with Gasteiger partial charge in [0.15, 0.2) is 5.78 Å². The van der Waals surface area contributed by atoms with E-state index in [0.717, 1.165) is 74.1 Å². The molecule has 3 N–H and O–H groups in total. The standard InChI is InChI=1S/C47H71ClN2O6/c1-28(2)39-33(51)23-47(36(52)26-49-25-29-12-13-31(48)22-30(29)27-50(10)11)21-20-45(8)32(40(39)47)14-15-35-44(7)18-17-37(56-38(53)24-42(3,4)41(54)55)43(5,6)34(44)16-19-46(35,45)9/h12-13,22,28,32,34-37,49,52H,14-21,23-27H2,1-11H3,(H,54,55)/t32-,34+,35-,36?,37+,44+,45-,46-,47?/m1/s1. The molecule has 0 aromatic heterocycles. The molecule has 312 valence electrons. The summed E-state index contributed by atoms with van der Waals surface area (Å²) in [6, 6.07) is 6.03. The van der Waals surface area contributed by atoms with Crippen molar-refractivity contribution < 1.29 is 29.3 Å². The number of carbonyl (C=O) groups excluding carboxylic acids is 2. The van der Waals surface area contributed by atoms with Crippen molar-refractivity contribution in [3.8, 4) is 0 Å². The Kier molecular flexibility index (Phi) is 11.7. The topological polar surface area (TPSA) is 116 Å². The van der Waals surface area contributed by atoms with Crippen LogP contribution in [-0.2, 0) is 32.2 Å². The van der Waals surface area contributed by atoms with Gasteiger partial charge in [-0.2, -0.15) is 0 Å². The van der Waals surface area contributed by atoms with Crippen LogP contribution in [0.1, 0.15) is 138 Å². The number of carbonyl (C=O) groups is 3. The molecule has 6 rings (SSSR count). The third kappa shape index (κ3) is 7.02. The first-order chi connectivity index (χ1) is 25.9. The number of fused-ring (bicyclic) bond motifs is 7. The highest BCUT2D eigenvalue weighted by Crippen LogP contribution is 2.77. The van der Waals surface area contributed by atoms with E-state index in [1.807, 2.05) is 12.1 Å². The third-order valence-corrected chi connectivity index (χ3v) is 17.0. The Morgan fingerprint density at radius 1 is 0.964 bits per heavy atom. The fraction of sp³-hybridized carbons (Fsp3) is 0.766. The van der Waals surface area contributed by atoms with Crippen molar-refractivity contribution in [1.29, 1.82) is 0 Å². The van der Waals surface area contributed by atoms with E-state index in [1.54, 1.807) is 13.8 Å². The van der Waals surface area contributed by atoms with Crippen LogP contribution >= 0.6 is 11.6 Å². The second kappa shape index (κ2) is 15.1. The Bertz CT molecular complexity index is 1750. The summed E-state index contributed by atoms with van der Waals surface area (Å²) in [4.78, 5) is 41.2. The van der Waals surface area contributed by atoms with Crippen molar-refractivity contribution in [2.45, 2.75) is 152 Å². The molecule has 9 heteroatoms. The van der Waals surface area contributed by atoms with Crippen LogP contribution in [0.15, 0.2) is 29.3 Å². The van der Waals surface area contributed by atoms with Crippen molar-refractivity contribution >= 4 is 29.3 Å². The van der Waals surface area contributed by atoms with Gasteiger partial charge in [-0.15, -0.1) is 0 Å². The van der Waals surface area contributed by atoms with Crippen LogP contribution in [0.25, 0.3) is 0 Å². The Balaban J connectivity index is 1.25. The monoisotopic (exact) mass is 795 g/mol. The molecule has 0 spiro atoms. The number of ketones is 1. The molecule has 9 atom stereocenters. The molecule has 2 unspecified atom stereocenters. The summed E-state index contributed by atoms with van der Waals surface area (Å²) in [5.74, 6) is -0.00510. The van der Waals surface area contributed by atoms with Crippen molar-refractivity contribution in [1.82, 2.24) is 10.2 Å². The van der Waals surface area contributed by atoms with Crippen LogP contribution in [-0.4, -0.2) is 65.7 Å². The van der Waals surface area contributed by atoms with Crippen molar-refractivity contribution in [3.05, 3.63) is 45.5 Å². The van der Waals surface area contributed by atoms with Gasteiger partial charge in [0.05, 0.1) is 17.9 Å². The van der Waals surface area contributed by atoms with Gasteiger partial charge < -0.3 is 25.2 Å². The van der Waals surface area contributed by atoms with Crippen LogP contribution in [0.3, 0.4) is 0 Å². The number of esters is 1. The normalized spacial score (nSPS) is 35.8. The molecule has 0 aliphatic heterocycles. The van der Waals surface area contributed by atoms with E-state index in [2.05, 4.69) is 78.8 Å². The lowest BCUT2D eigenvalue weighted by Gasteiger charge is -2.72. The zero-order valence-electron chi connectivity index (χ0n) is 36.2. The highest BCUT2D eigenvalue weighted by atomic mass is 35.5. The van der Waals surface area contributed by atoms with Gasteiger partial charge in [-0.1, -0.05) is 71.7 Å². The van der Waals surface area contributed by atoms with Gasteiger partial charge in [0, 0.05) is 41.9 Å². The number of aliphatic carboxylic acids is 1. The fourth-order valence-corrected chi connectivity index (χ4v) is 13.9. The van der Waals surface area contributed by atoms with Crippen LogP contribution in [0.4, 0.5) is 0 Å². The van der Waals surface area contributed by atoms with E-state index in [9.17, 15) is 24.6 Å². The molecule has 0 radical (unpaired) electrons. The second-order valence-corrected chi connectivity index (χ2v) is 21.8. The van der Waals surface area contributed by atoms with Gasteiger partial charge >= 0.3 is 11.9 Å². The van der Waals surface area contributed by atoms with Crippen LogP contribution in [0, 0.1) is 56.2 Å². The summed E-state index contributed by atoms with van der Waals surface area (Å²) in [5, 5.41) is 26.3. The minimum atomic E-state index is -1.17. The summed E-state index contributed by atoms with van der Waals surface area (Å²) < 4.78 is 6.18. The molecule has 0 heterocycles. The van der Waals surface area contributed by atoms with Gasteiger partial charge in [0.2, 0.25) is 0 Å². The maximum absolute atomic E-state index is 14.2. The third-order valence-electron chi connectivity index (χ3n) is 16.8. The largest absolute Gasteiger partial charge is 0.481 e. The van der Waals surface area contributed by atoms with Crippen molar-refractivity contribution in [2.75, 3.05) is 20.6 Å². The van der Waals surface area contributed by atoms with E-state index in [-0.39, 0.29) is 51.8 Å². The Morgan fingerprint density at radius 2 is 1.66 bits per heavy atom. The van der Waals surface area contributed by atoms with Crippen LogP contribution in [0.5, 0.6) is 0 Å². The maximum atomic E-state index is 14.2. The van der Waals surface area contributed by atoms with Crippen molar-refractivity contribution in [2.24, 2.45) is 56.2 Å². The number of carboxylic acid groups (broad SMARTS) is 1. The number of benzene rings is 1. The molecule has 0 saturated heterocycles. The number of nitrogens with zero attached hydrogens (tertiary/aromatic N) is 1. The first-order valence-electron chi connectivity index (χ1n) is 21.5. The molecule has 1 aromatic rings. The number of allylic oxidation sites excluding steroid dienone is 1. The highest BCUT2D eigenvalue weighted by Gasteiger charge is 2.70. The summed E-state index contributed by atoms with van der Waals surface area (Å²) >= 11 is 6.37. The number of carboxylic acids is 1. The number of rotatable bonds is 12. The molecule has 4 saturated carbocycles. The minimum absolute atomic E-state index is 0.0269. The molecule has 0 bridgehead atoms. The molecule has 4 fully saturated rings. The summed E-state index contributed by atoms with van der Waals surface area (Å²) in [5.41, 5.74) is 2.70. The number of aliphatic hydroxyl groups is 1. The smallest absolute Gasteiger partial charge is 0.309 e. The van der Waals surface area contributed by atoms with Gasteiger partial charge in [0.25, 0.3) is 0 Å². The Hall–Kier alpha value is -2.26. The number of nitrogens with one attached hydrogen (secondary N) is 1. The summed E-state index contributed by atoms with van der Waals surface area (Å²) in [6.07, 6.45) is 7.09. The molecule has 1 aromatic carbocycles. The summed E-state index contributed by atoms with van der Waals surface area (Å²) in [7, 11) is 4.10. The zero-order valence-corrected chi connectivity index (χ0v) is 37.0. The van der Waals surface area contributed by atoms with E-state index in [0.29, 0.717) is 31.3 Å². The Labute approximate surface area is 341 Å². The molecule has 56 heavy (non-hydrogen) atoms. The predicted octanol–water partition coefficient (Wildman–Crippen LogP) is 9.25. The van der Waals surface area contributed by atoms with E-state index in [1.165, 1.54) is 11.1 Å². The van der Waals surface area contributed by atoms with Gasteiger partial charge in [-0.3, -0.25) is 14.4 Å². The lowest BCUT2D eigenvalue weighted by molar-refractivity contribution is -0.235. The quantitative estimate of drug-likeness (QED) is 0.180. The number of Topliss-reactive ketones (excluding diaryl/α,β-unsaturated/α-hetero) is 1. The minimum Gasteiger partial charge on any atom is -0.481 e. The van der Waals surface area contributed by atoms with Crippen LogP contribution < -0.4 is 5.32 Å². The van der Waals surface area contributed by atoms with Crippen molar-refractivity contribution in [3.63, 3.8) is 0 Å². The first-order valence-corrected chi connectivity index (χ1v) is 21.8. The first kappa shape index (κ1) is 43.3. The second-order valence-electron chi connectivity index (χ2n) is 21.4. The zero-order chi connectivity index (χ0) is 41.4. The molecule has 5 aliphatic carbocycles. The maximum Gasteiger partial charge on any atom is 0.309 e.